The van der Waals surface area contributed by atoms with Crippen LogP contribution in [-0.2, 0) is 19.9 Å². The van der Waals surface area contributed by atoms with Crippen LogP contribution in [0.4, 0.5) is 5.69 Å². The molecule has 0 bridgehead atoms. The fraction of sp³-hybridized carbons (Fsp3) is 0.160. The third-order valence-electron chi connectivity index (χ3n) is 5.80. The first-order valence-electron chi connectivity index (χ1n) is 10.4. The van der Waals surface area contributed by atoms with Gasteiger partial charge in [-0.2, -0.15) is 0 Å². The number of anilines is 1. The molecule has 0 saturated heterocycles. The molecule has 2 heterocycles. The number of fused-ring (bicyclic) bond motifs is 6. The summed E-state index contributed by atoms with van der Waals surface area (Å²) >= 11 is 0. The van der Waals surface area contributed by atoms with E-state index in [0.717, 1.165) is 6.29 Å². The second-order valence-electron chi connectivity index (χ2n) is 7.87. The summed E-state index contributed by atoms with van der Waals surface area (Å²) in [6.07, 6.45) is 1.58. The second-order valence-corrected chi connectivity index (χ2v) is 7.87. The molecule has 2 aliphatic heterocycles. The van der Waals surface area contributed by atoms with Crippen molar-refractivity contribution in [1.82, 2.24) is 0 Å². The van der Waals surface area contributed by atoms with Gasteiger partial charge in [0.15, 0.2) is 5.60 Å². The third-order valence-corrected chi connectivity index (χ3v) is 5.80. The van der Waals surface area contributed by atoms with Crippen molar-refractivity contribution >= 4 is 23.9 Å². The molecule has 3 N–H and O–H groups in total. The molecular weight excluding hydrogens is 426 g/mol. The van der Waals surface area contributed by atoms with Crippen LogP contribution < -0.4 is 10.1 Å². The predicted octanol–water partition coefficient (Wildman–Crippen LogP) is 3.97. The van der Waals surface area contributed by atoms with Crippen molar-refractivity contribution < 1.29 is 34.1 Å². The Labute approximate surface area is 188 Å². The number of esters is 1. The molecule has 33 heavy (non-hydrogen) atoms. The van der Waals surface area contributed by atoms with Gasteiger partial charge in [-0.05, 0) is 36.8 Å². The van der Waals surface area contributed by atoms with Crippen molar-refractivity contribution in [3.05, 3.63) is 76.9 Å². The summed E-state index contributed by atoms with van der Waals surface area (Å²) in [6.45, 7) is 0. The highest BCUT2D eigenvalue weighted by molar-refractivity contribution is 6.05. The second kappa shape index (κ2) is 7.67. The maximum Gasteiger partial charge on any atom is 0.342 e. The molecule has 8 heteroatoms. The summed E-state index contributed by atoms with van der Waals surface area (Å²) in [5, 5.41) is 22.7. The van der Waals surface area contributed by atoms with Crippen molar-refractivity contribution in [3.63, 3.8) is 0 Å². The zero-order valence-corrected chi connectivity index (χ0v) is 17.3. The van der Waals surface area contributed by atoms with Gasteiger partial charge in [-0.3, -0.25) is 4.79 Å². The van der Waals surface area contributed by atoms with Gasteiger partial charge < -0.3 is 29.8 Å². The fourth-order valence-corrected chi connectivity index (χ4v) is 4.41. The number of phenolic OH excluding ortho intramolecular Hbond substituents is 2. The van der Waals surface area contributed by atoms with Crippen LogP contribution in [0.2, 0.25) is 0 Å². The van der Waals surface area contributed by atoms with Gasteiger partial charge in [0.05, 0.1) is 11.3 Å². The van der Waals surface area contributed by atoms with Crippen molar-refractivity contribution in [2.45, 2.75) is 24.9 Å². The lowest BCUT2D eigenvalue weighted by molar-refractivity contribution is -0.116. The van der Waals surface area contributed by atoms with Crippen LogP contribution in [-0.4, -0.2) is 28.4 Å². The van der Waals surface area contributed by atoms with E-state index in [9.17, 15) is 24.6 Å². The van der Waals surface area contributed by atoms with E-state index in [1.165, 1.54) is 24.3 Å². The number of nitrogens with one attached hydrogen (secondary N) is 1. The van der Waals surface area contributed by atoms with Crippen molar-refractivity contribution in [1.29, 1.82) is 0 Å². The monoisotopic (exact) mass is 445 g/mol. The number of carbonyl (C=O) groups excluding carboxylic acids is 3. The molecule has 0 saturated carbocycles. The minimum Gasteiger partial charge on any atom is -0.508 e. The van der Waals surface area contributed by atoms with Crippen LogP contribution in [0.5, 0.6) is 23.0 Å². The highest BCUT2D eigenvalue weighted by Gasteiger charge is 2.54. The fourth-order valence-electron chi connectivity index (χ4n) is 4.41. The number of hydrogen-bond acceptors (Lipinski definition) is 7. The molecule has 0 unspecified atom stereocenters. The van der Waals surface area contributed by atoms with Crippen molar-refractivity contribution in [2.24, 2.45) is 0 Å². The summed E-state index contributed by atoms with van der Waals surface area (Å²) in [7, 11) is 0. The van der Waals surface area contributed by atoms with E-state index < -0.39 is 11.6 Å². The minimum atomic E-state index is -1.39. The molecule has 3 aromatic rings. The SMILES string of the molecule is O=CCCCC(=O)Nc1cccc2c1C(=O)OC21c2ccc(O)cc2Oc2cc(O)ccc21. The number of benzene rings is 3. The lowest BCUT2D eigenvalue weighted by atomic mass is 9.77. The van der Waals surface area contributed by atoms with Gasteiger partial charge in [-0.15, -0.1) is 0 Å². The Hall–Kier alpha value is -4.33. The van der Waals surface area contributed by atoms with Gasteiger partial charge >= 0.3 is 5.97 Å². The number of hydrogen-bond donors (Lipinski definition) is 3. The van der Waals surface area contributed by atoms with E-state index in [1.54, 1.807) is 30.3 Å². The first kappa shape index (κ1) is 20.6. The molecule has 0 fully saturated rings. The Kier molecular flexibility index (Phi) is 4.78. The number of ether oxygens (including phenoxy) is 2. The van der Waals surface area contributed by atoms with E-state index in [1.807, 2.05) is 0 Å². The van der Waals surface area contributed by atoms with Gasteiger partial charge in [0.25, 0.3) is 0 Å². The van der Waals surface area contributed by atoms with Gasteiger partial charge in [0.2, 0.25) is 5.91 Å². The predicted molar refractivity (Wildman–Crippen MR) is 117 cm³/mol. The number of unbranched alkanes of at least 4 members (excludes halogenated alkanes) is 1. The molecule has 1 amide bonds. The van der Waals surface area contributed by atoms with Crippen LogP contribution in [0.15, 0.2) is 54.6 Å². The summed E-state index contributed by atoms with van der Waals surface area (Å²) in [5.41, 5.74) is 0.619. The zero-order valence-electron chi connectivity index (χ0n) is 17.3. The maximum atomic E-state index is 13.2. The van der Waals surface area contributed by atoms with E-state index in [-0.39, 0.29) is 47.3 Å². The van der Waals surface area contributed by atoms with E-state index in [0.29, 0.717) is 28.8 Å². The molecule has 1 spiro atoms. The molecular formula is C25H19NO7. The Morgan fingerprint density at radius 2 is 1.64 bits per heavy atom. The summed E-state index contributed by atoms with van der Waals surface area (Å²) in [6, 6.07) is 14.1. The number of aldehydes is 1. The Bertz CT molecular complexity index is 1260. The summed E-state index contributed by atoms with van der Waals surface area (Å²) < 4.78 is 12.0. The minimum absolute atomic E-state index is 0.0339. The highest BCUT2D eigenvalue weighted by atomic mass is 16.6. The summed E-state index contributed by atoms with van der Waals surface area (Å²) in [5.74, 6) is -0.466. The van der Waals surface area contributed by atoms with E-state index in [2.05, 4.69) is 5.32 Å². The standard InChI is InChI=1S/C25H19NO7/c27-11-2-1-6-22(30)26-19-5-3-4-18-23(19)24(31)33-25(18)16-9-7-14(28)12-20(16)32-21-13-15(29)8-10-17(21)25/h3-5,7-13,28-29H,1-2,6H2,(H,26,30). The smallest absolute Gasteiger partial charge is 0.342 e. The molecule has 3 aromatic carbocycles. The van der Waals surface area contributed by atoms with Crippen LogP contribution in [0.25, 0.3) is 0 Å². The molecule has 2 aliphatic rings. The molecule has 5 rings (SSSR count). The van der Waals surface area contributed by atoms with Crippen LogP contribution in [0.3, 0.4) is 0 Å². The quantitative estimate of drug-likeness (QED) is 0.309. The van der Waals surface area contributed by atoms with Gasteiger partial charge in [-0.1, -0.05) is 12.1 Å². The molecule has 0 radical (unpaired) electrons. The van der Waals surface area contributed by atoms with Crippen molar-refractivity contribution in [2.75, 3.05) is 5.32 Å². The Morgan fingerprint density at radius 1 is 0.970 bits per heavy atom. The molecule has 0 aliphatic carbocycles. The largest absolute Gasteiger partial charge is 0.508 e. The van der Waals surface area contributed by atoms with Crippen LogP contribution in [0.1, 0.15) is 46.3 Å². The van der Waals surface area contributed by atoms with Gasteiger partial charge in [-0.25, -0.2) is 4.79 Å². The van der Waals surface area contributed by atoms with Crippen LogP contribution in [0, 0.1) is 0 Å². The molecule has 0 atom stereocenters. The number of phenols is 2. The first-order chi connectivity index (χ1) is 15.9. The van der Waals surface area contributed by atoms with Gasteiger partial charge in [0, 0.05) is 41.7 Å². The third kappa shape index (κ3) is 3.18. The highest BCUT2D eigenvalue weighted by Crippen LogP contribution is 2.57. The van der Waals surface area contributed by atoms with Gasteiger partial charge in [0.1, 0.15) is 29.3 Å². The normalized spacial score (nSPS) is 14.5. The topological polar surface area (TPSA) is 122 Å². The number of rotatable bonds is 5. The Morgan fingerprint density at radius 3 is 2.27 bits per heavy atom. The zero-order chi connectivity index (χ0) is 23.2. The molecule has 8 nitrogen and oxygen atoms in total. The van der Waals surface area contributed by atoms with Crippen molar-refractivity contribution in [3.8, 4) is 23.0 Å². The maximum absolute atomic E-state index is 13.2. The van der Waals surface area contributed by atoms with Crippen LogP contribution >= 0.6 is 0 Å². The first-order valence-corrected chi connectivity index (χ1v) is 10.4. The number of aromatic hydroxyl groups is 2. The lowest BCUT2D eigenvalue weighted by Gasteiger charge is -2.36. The number of carbonyl (C=O) groups is 3. The average molecular weight is 445 g/mol. The molecule has 166 valence electrons. The molecule has 0 aromatic heterocycles. The average Bonchev–Trinajstić information content (AvgIpc) is 3.07. The number of amides is 1. The Balaban J connectivity index is 1.68. The van der Waals surface area contributed by atoms with E-state index >= 15 is 0 Å². The van der Waals surface area contributed by atoms with E-state index in [4.69, 9.17) is 9.47 Å². The lowest BCUT2D eigenvalue weighted by Crippen LogP contribution is -2.32. The summed E-state index contributed by atoms with van der Waals surface area (Å²) in [4.78, 5) is 36.1.